The Kier molecular flexibility index (Phi) is 4.20. The average Bonchev–Trinajstić information content (AvgIpc) is 2.49. The second-order valence-electron chi connectivity index (χ2n) is 5.95. The zero-order valence-electron chi connectivity index (χ0n) is 11.6. The van der Waals surface area contributed by atoms with Gasteiger partial charge in [-0.05, 0) is 49.0 Å². The lowest BCUT2D eigenvalue weighted by Gasteiger charge is -2.42. The number of hydrogen-bond acceptors (Lipinski definition) is 1. The molecule has 0 aromatic heterocycles. The van der Waals surface area contributed by atoms with Crippen molar-refractivity contribution in [3.05, 3.63) is 30.1 Å². The summed E-state index contributed by atoms with van der Waals surface area (Å²) in [6, 6.07) is 6.70. The second kappa shape index (κ2) is 6.08. The van der Waals surface area contributed by atoms with Crippen LogP contribution in [0, 0.1) is 17.7 Å². The normalized spacial score (nSPS) is 25.9. The smallest absolute Gasteiger partial charge is 0.173 e. The third-order valence-corrected chi connectivity index (χ3v) is 5.05. The van der Waals surface area contributed by atoms with E-state index < -0.39 is 0 Å². The Bertz CT molecular complexity index is 491. The first kappa shape index (κ1) is 13.8. The van der Waals surface area contributed by atoms with E-state index >= 15 is 0 Å². The van der Waals surface area contributed by atoms with Crippen LogP contribution in [0.3, 0.4) is 0 Å². The first-order chi connectivity index (χ1) is 9.74. The van der Waals surface area contributed by atoms with Gasteiger partial charge in [0.15, 0.2) is 5.11 Å². The van der Waals surface area contributed by atoms with Crippen LogP contribution in [-0.2, 0) is 0 Å². The first-order valence-corrected chi connectivity index (χ1v) is 7.95. The van der Waals surface area contributed by atoms with Crippen molar-refractivity contribution >= 4 is 23.0 Å². The predicted octanol–water partition coefficient (Wildman–Crippen LogP) is 4.03. The molecule has 1 aromatic carbocycles. The zero-order chi connectivity index (χ0) is 13.9. The van der Waals surface area contributed by atoms with Gasteiger partial charge in [-0.2, -0.15) is 0 Å². The molecule has 0 amide bonds. The van der Waals surface area contributed by atoms with Crippen molar-refractivity contribution in [2.75, 3.05) is 18.4 Å². The maximum Gasteiger partial charge on any atom is 0.173 e. The topological polar surface area (TPSA) is 15.3 Å². The Morgan fingerprint density at radius 3 is 2.70 bits per heavy atom. The highest BCUT2D eigenvalue weighted by molar-refractivity contribution is 7.80. The summed E-state index contributed by atoms with van der Waals surface area (Å²) in [4.78, 5) is 2.22. The molecular formula is C16H21FN2S. The summed E-state index contributed by atoms with van der Waals surface area (Å²) in [6.07, 6.45) is 6.67. The molecule has 0 spiro atoms. The van der Waals surface area contributed by atoms with Crippen molar-refractivity contribution in [3.63, 3.8) is 0 Å². The molecule has 1 saturated carbocycles. The van der Waals surface area contributed by atoms with E-state index in [-0.39, 0.29) is 5.82 Å². The molecule has 1 aliphatic carbocycles. The number of nitrogens with zero attached hydrogens (tertiary/aromatic N) is 1. The van der Waals surface area contributed by atoms with Crippen LogP contribution in [0.1, 0.15) is 32.1 Å². The maximum absolute atomic E-state index is 13.6. The summed E-state index contributed by atoms with van der Waals surface area (Å²) in [5.74, 6) is 1.41. The third kappa shape index (κ3) is 2.95. The predicted molar refractivity (Wildman–Crippen MR) is 84.3 cm³/mol. The lowest BCUT2D eigenvalue weighted by Crippen LogP contribution is -2.46. The summed E-state index contributed by atoms with van der Waals surface area (Å²) >= 11 is 5.46. The van der Waals surface area contributed by atoms with Crippen LogP contribution in [0.15, 0.2) is 24.3 Å². The Morgan fingerprint density at radius 1 is 1.15 bits per heavy atom. The van der Waals surface area contributed by atoms with Gasteiger partial charge in [-0.1, -0.05) is 31.4 Å². The molecule has 1 aromatic rings. The van der Waals surface area contributed by atoms with Crippen LogP contribution in [0.5, 0.6) is 0 Å². The zero-order valence-corrected chi connectivity index (χ0v) is 12.5. The highest BCUT2D eigenvalue weighted by Gasteiger charge is 2.31. The van der Waals surface area contributed by atoms with Gasteiger partial charge in [0.1, 0.15) is 5.82 Å². The number of nitrogens with one attached hydrogen (secondary N) is 1. The Hall–Kier alpha value is -1.16. The van der Waals surface area contributed by atoms with E-state index in [2.05, 4.69) is 10.2 Å². The van der Waals surface area contributed by atoms with Crippen LogP contribution in [-0.4, -0.2) is 23.1 Å². The monoisotopic (exact) mass is 292 g/mol. The summed E-state index contributed by atoms with van der Waals surface area (Å²) < 4.78 is 13.6. The van der Waals surface area contributed by atoms with Crippen molar-refractivity contribution in [1.82, 2.24) is 4.90 Å². The second-order valence-corrected chi connectivity index (χ2v) is 6.34. The molecule has 1 aliphatic heterocycles. The van der Waals surface area contributed by atoms with Gasteiger partial charge in [-0.3, -0.25) is 0 Å². The summed E-state index contributed by atoms with van der Waals surface area (Å²) in [7, 11) is 0. The van der Waals surface area contributed by atoms with E-state index in [4.69, 9.17) is 12.2 Å². The van der Waals surface area contributed by atoms with Crippen molar-refractivity contribution in [2.45, 2.75) is 32.1 Å². The van der Waals surface area contributed by atoms with Gasteiger partial charge in [0.25, 0.3) is 0 Å². The molecule has 1 heterocycles. The van der Waals surface area contributed by atoms with Gasteiger partial charge in [0.05, 0.1) is 5.69 Å². The quantitative estimate of drug-likeness (QED) is 0.787. The van der Waals surface area contributed by atoms with Crippen LogP contribution in [0.2, 0.25) is 0 Å². The molecule has 0 bridgehead atoms. The third-order valence-electron chi connectivity index (χ3n) is 4.69. The molecule has 0 radical (unpaired) electrons. The van der Waals surface area contributed by atoms with E-state index in [1.165, 1.54) is 38.2 Å². The average molecular weight is 292 g/mol. The highest BCUT2D eigenvalue weighted by Crippen LogP contribution is 2.36. The number of benzene rings is 1. The van der Waals surface area contributed by atoms with Crippen LogP contribution in [0.4, 0.5) is 10.1 Å². The molecule has 4 heteroatoms. The minimum Gasteiger partial charge on any atom is -0.349 e. The molecule has 2 atom stereocenters. The fourth-order valence-electron chi connectivity index (χ4n) is 3.54. The van der Waals surface area contributed by atoms with Gasteiger partial charge in [-0.15, -0.1) is 0 Å². The summed E-state index contributed by atoms with van der Waals surface area (Å²) in [5, 5.41) is 3.72. The lowest BCUT2D eigenvalue weighted by molar-refractivity contribution is 0.131. The largest absolute Gasteiger partial charge is 0.349 e. The molecule has 108 valence electrons. The first-order valence-electron chi connectivity index (χ1n) is 7.54. The van der Waals surface area contributed by atoms with Crippen LogP contribution >= 0.6 is 12.2 Å². The standard InChI is InChI=1S/C16H21FN2S/c17-14-7-3-4-8-15(14)18-16(20)19-10-9-12-5-1-2-6-13(12)11-19/h3-4,7-8,12-13H,1-2,5-6,9-11H2,(H,18,20)/t12-,13-/m1/s1. The summed E-state index contributed by atoms with van der Waals surface area (Å²) in [6.45, 7) is 2.03. The van der Waals surface area contributed by atoms with Crippen LogP contribution in [0.25, 0.3) is 0 Å². The van der Waals surface area contributed by atoms with E-state index in [0.717, 1.165) is 24.9 Å². The Balaban J connectivity index is 1.62. The number of halogens is 1. The van der Waals surface area contributed by atoms with E-state index in [1.807, 2.05) is 6.07 Å². The fourth-order valence-corrected chi connectivity index (χ4v) is 3.82. The molecule has 3 rings (SSSR count). The lowest BCUT2D eigenvalue weighted by atomic mass is 9.75. The molecule has 20 heavy (non-hydrogen) atoms. The van der Waals surface area contributed by atoms with Gasteiger partial charge >= 0.3 is 0 Å². The number of para-hydroxylation sites is 1. The molecule has 1 saturated heterocycles. The van der Waals surface area contributed by atoms with Crippen molar-refractivity contribution in [1.29, 1.82) is 0 Å². The van der Waals surface area contributed by atoms with Gasteiger partial charge in [0.2, 0.25) is 0 Å². The van der Waals surface area contributed by atoms with Gasteiger partial charge in [-0.25, -0.2) is 4.39 Å². The van der Waals surface area contributed by atoms with E-state index in [1.54, 1.807) is 12.1 Å². The number of piperidine rings is 1. The molecular weight excluding hydrogens is 271 g/mol. The highest BCUT2D eigenvalue weighted by atomic mass is 32.1. The Morgan fingerprint density at radius 2 is 1.90 bits per heavy atom. The molecule has 2 nitrogen and oxygen atoms in total. The number of thiocarbonyl (C=S) groups is 1. The molecule has 0 unspecified atom stereocenters. The fraction of sp³-hybridized carbons (Fsp3) is 0.562. The number of likely N-dealkylation sites (tertiary alicyclic amines) is 1. The van der Waals surface area contributed by atoms with Gasteiger partial charge < -0.3 is 10.2 Å². The van der Waals surface area contributed by atoms with Crippen LogP contribution < -0.4 is 5.32 Å². The number of hydrogen-bond donors (Lipinski definition) is 1. The van der Waals surface area contributed by atoms with Gasteiger partial charge in [0, 0.05) is 13.1 Å². The SMILES string of the molecule is Fc1ccccc1NC(=S)N1CC[C@H]2CCCC[C@@H]2C1. The number of rotatable bonds is 1. The van der Waals surface area contributed by atoms with Crippen molar-refractivity contribution in [3.8, 4) is 0 Å². The molecule has 1 N–H and O–H groups in total. The summed E-state index contributed by atoms with van der Waals surface area (Å²) in [5.41, 5.74) is 0.475. The maximum atomic E-state index is 13.6. The van der Waals surface area contributed by atoms with Crippen molar-refractivity contribution < 1.29 is 4.39 Å². The van der Waals surface area contributed by atoms with Crippen molar-refractivity contribution in [2.24, 2.45) is 11.8 Å². The minimum absolute atomic E-state index is 0.248. The van der Waals surface area contributed by atoms with E-state index in [9.17, 15) is 4.39 Å². The number of fused-ring (bicyclic) bond motifs is 1. The molecule has 2 aliphatic rings. The minimum atomic E-state index is -0.248. The Labute approximate surface area is 125 Å². The van der Waals surface area contributed by atoms with E-state index in [0.29, 0.717) is 10.8 Å². The molecule has 2 fully saturated rings. The number of anilines is 1.